The van der Waals surface area contributed by atoms with Crippen molar-refractivity contribution in [2.24, 2.45) is 0 Å². The maximum Gasteiger partial charge on any atom is 0.258 e. The first-order chi connectivity index (χ1) is 12.1. The zero-order chi connectivity index (χ0) is 18.2. The quantitative estimate of drug-likeness (QED) is 0.797. The van der Waals surface area contributed by atoms with E-state index in [0.717, 1.165) is 11.1 Å². The Morgan fingerprint density at radius 1 is 0.920 bits per heavy atom. The second-order valence-electron chi connectivity index (χ2n) is 5.35. The van der Waals surface area contributed by atoms with Gasteiger partial charge in [-0.3, -0.25) is 4.79 Å². The van der Waals surface area contributed by atoms with E-state index in [1.54, 1.807) is 33.5 Å². The Hall–Kier alpha value is -2.89. The highest BCUT2D eigenvalue weighted by molar-refractivity contribution is 5.77. The minimum Gasteiger partial charge on any atom is -0.496 e. The van der Waals surface area contributed by atoms with Gasteiger partial charge < -0.3 is 24.3 Å². The highest BCUT2D eigenvalue weighted by Crippen LogP contribution is 2.34. The lowest BCUT2D eigenvalue weighted by Crippen LogP contribution is -2.28. The molecule has 25 heavy (non-hydrogen) atoms. The fraction of sp³-hybridized carbons (Fsp3) is 0.316. The summed E-state index contributed by atoms with van der Waals surface area (Å²) in [6.45, 7) is 2.17. The molecule has 2 rings (SSSR count). The van der Waals surface area contributed by atoms with Gasteiger partial charge in [-0.1, -0.05) is 18.2 Å². The molecule has 0 bridgehead atoms. The Morgan fingerprint density at radius 3 is 2.20 bits per heavy atom. The molecule has 0 aliphatic carbocycles. The van der Waals surface area contributed by atoms with Crippen molar-refractivity contribution < 1.29 is 23.7 Å². The summed E-state index contributed by atoms with van der Waals surface area (Å²) in [5.41, 5.74) is 1.77. The van der Waals surface area contributed by atoms with Crippen molar-refractivity contribution in [3.05, 3.63) is 47.5 Å². The van der Waals surface area contributed by atoms with Crippen LogP contribution in [0.1, 0.15) is 11.1 Å². The van der Waals surface area contributed by atoms with Crippen molar-refractivity contribution in [1.82, 2.24) is 5.32 Å². The number of hydrogen-bond donors (Lipinski definition) is 1. The number of benzene rings is 2. The summed E-state index contributed by atoms with van der Waals surface area (Å²) in [6.07, 6.45) is 0. The molecule has 0 aliphatic rings. The Labute approximate surface area is 147 Å². The zero-order valence-electron chi connectivity index (χ0n) is 14.9. The smallest absolute Gasteiger partial charge is 0.258 e. The third-order valence-corrected chi connectivity index (χ3v) is 3.71. The minimum absolute atomic E-state index is 0.0551. The summed E-state index contributed by atoms with van der Waals surface area (Å²) >= 11 is 0. The Morgan fingerprint density at radius 2 is 1.56 bits per heavy atom. The number of ether oxygens (including phenoxy) is 4. The van der Waals surface area contributed by atoms with Crippen LogP contribution in [0.2, 0.25) is 0 Å². The molecule has 0 radical (unpaired) electrons. The van der Waals surface area contributed by atoms with Gasteiger partial charge in [0.1, 0.15) is 11.5 Å². The maximum atomic E-state index is 12.0. The SMILES string of the molecule is COc1cc(OC)c(OC)cc1CNC(=O)COc1ccccc1C. The third kappa shape index (κ3) is 4.79. The normalized spacial score (nSPS) is 10.1. The van der Waals surface area contributed by atoms with Crippen LogP contribution in [0.5, 0.6) is 23.0 Å². The summed E-state index contributed by atoms with van der Waals surface area (Å²) in [6, 6.07) is 11.1. The molecule has 2 aromatic carbocycles. The van der Waals surface area contributed by atoms with E-state index >= 15 is 0 Å². The molecule has 1 amide bonds. The van der Waals surface area contributed by atoms with E-state index in [9.17, 15) is 4.79 Å². The van der Waals surface area contributed by atoms with E-state index in [1.807, 2.05) is 31.2 Å². The van der Waals surface area contributed by atoms with Gasteiger partial charge in [-0.05, 0) is 24.6 Å². The number of carbonyl (C=O) groups is 1. The van der Waals surface area contributed by atoms with E-state index in [0.29, 0.717) is 29.5 Å². The number of hydrogen-bond acceptors (Lipinski definition) is 5. The van der Waals surface area contributed by atoms with E-state index in [-0.39, 0.29) is 12.5 Å². The predicted octanol–water partition coefficient (Wildman–Crippen LogP) is 2.72. The molecular weight excluding hydrogens is 322 g/mol. The van der Waals surface area contributed by atoms with Gasteiger partial charge in [0.15, 0.2) is 18.1 Å². The van der Waals surface area contributed by atoms with Crippen LogP contribution in [0.15, 0.2) is 36.4 Å². The number of amides is 1. The zero-order valence-corrected chi connectivity index (χ0v) is 14.9. The number of aryl methyl sites for hydroxylation is 1. The van der Waals surface area contributed by atoms with E-state index in [2.05, 4.69) is 5.32 Å². The summed E-state index contributed by atoms with van der Waals surface area (Å²) in [7, 11) is 4.68. The van der Waals surface area contributed by atoms with Gasteiger partial charge in [0.2, 0.25) is 0 Å². The summed E-state index contributed by atoms with van der Waals surface area (Å²) in [5.74, 6) is 2.22. The average Bonchev–Trinajstić information content (AvgIpc) is 2.64. The van der Waals surface area contributed by atoms with Crippen molar-refractivity contribution in [3.63, 3.8) is 0 Å². The number of rotatable bonds is 8. The lowest BCUT2D eigenvalue weighted by Gasteiger charge is -2.15. The van der Waals surface area contributed by atoms with Crippen molar-refractivity contribution >= 4 is 5.91 Å². The Kier molecular flexibility index (Phi) is 6.51. The van der Waals surface area contributed by atoms with Gasteiger partial charge in [0, 0.05) is 18.2 Å². The molecule has 0 spiro atoms. The molecule has 0 aromatic heterocycles. The van der Waals surface area contributed by atoms with Crippen LogP contribution in [0.25, 0.3) is 0 Å². The molecule has 0 saturated heterocycles. The van der Waals surface area contributed by atoms with Crippen molar-refractivity contribution in [2.45, 2.75) is 13.5 Å². The van der Waals surface area contributed by atoms with Gasteiger partial charge in [-0.2, -0.15) is 0 Å². The number of methoxy groups -OCH3 is 3. The number of nitrogens with one attached hydrogen (secondary N) is 1. The van der Waals surface area contributed by atoms with E-state index < -0.39 is 0 Å². The van der Waals surface area contributed by atoms with Gasteiger partial charge in [0.05, 0.1) is 21.3 Å². The lowest BCUT2D eigenvalue weighted by molar-refractivity contribution is -0.123. The fourth-order valence-corrected chi connectivity index (χ4v) is 2.34. The van der Waals surface area contributed by atoms with Gasteiger partial charge in [-0.15, -0.1) is 0 Å². The van der Waals surface area contributed by atoms with Crippen molar-refractivity contribution in [2.75, 3.05) is 27.9 Å². The van der Waals surface area contributed by atoms with Crippen LogP contribution in [-0.4, -0.2) is 33.8 Å². The minimum atomic E-state index is -0.222. The summed E-state index contributed by atoms with van der Waals surface area (Å²) in [4.78, 5) is 12.0. The molecular formula is C19H23NO5. The van der Waals surface area contributed by atoms with Crippen molar-refractivity contribution in [3.8, 4) is 23.0 Å². The highest BCUT2D eigenvalue weighted by Gasteiger charge is 2.13. The monoisotopic (exact) mass is 345 g/mol. The largest absolute Gasteiger partial charge is 0.496 e. The second-order valence-corrected chi connectivity index (χ2v) is 5.35. The van der Waals surface area contributed by atoms with Crippen molar-refractivity contribution in [1.29, 1.82) is 0 Å². The molecule has 1 N–H and O–H groups in total. The van der Waals surface area contributed by atoms with Gasteiger partial charge >= 0.3 is 0 Å². The summed E-state index contributed by atoms with van der Waals surface area (Å²) in [5, 5.41) is 2.81. The molecule has 0 unspecified atom stereocenters. The second kappa shape index (κ2) is 8.82. The molecule has 0 fully saturated rings. The molecule has 134 valence electrons. The third-order valence-electron chi connectivity index (χ3n) is 3.71. The first-order valence-corrected chi connectivity index (χ1v) is 7.83. The predicted molar refractivity (Wildman–Crippen MR) is 94.6 cm³/mol. The lowest BCUT2D eigenvalue weighted by atomic mass is 10.1. The van der Waals surface area contributed by atoms with Gasteiger partial charge in [0.25, 0.3) is 5.91 Å². The standard InChI is InChI=1S/C19H23NO5/c1-13-7-5-6-8-15(13)25-12-19(21)20-11-14-9-17(23-3)18(24-4)10-16(14)22-2/h5-10H,11-12H2,1-4H3,(H,20,21). The number of carbonyl (C=O) groups excluding carboxylic acids is 1. The topological polar surface area (TPSA) is 66.0 Å². The molecule has 6 heteroatoms. The van der Waals surface area contributed by atoms with Gasteiger partial charge in [-0.25, -0.2) is 0 Å². The molecule has 0 aliphatic heterocycles. The molecule has 6 nitrogen and oxygen atoms in total. The van der Waals surface area contributed by atoms with Crippen LogP contribution < -0.4 is 24.3 Å². The molecule has 0 atom stereocenters. The Balaban J connectivity index is 1.98. The maximum absolute atomic E-state index is 12.0. The van der Waals surface area contributed by atoms with E-state index in [1.165, 1.54) is 0 Å². The Bertz CT molecular complexity index is 730. The van der Waals surface area contributed by atoms with Crippen LogP contribution >= 0.6 is 0 Å². The molecule has 2 aromatic rings. The molecule has 0 heterocycles. The number of para-hydroxylation sites is 1. The summed E-state index contributed by atoms with van der Waals surface area (Å²) < 4.78 is 21.4. The van der Waals surface area contributed by atoms with Crippen LogP contribution in [0.3, 0.4) is 0 Å². The van der Waals surface area contributed by atoms with Crippen LogP contribution in [-0.2, 0) is 11.3 Å². The average molecular weight is 345 g/mol. The first kappa shape index (κ1) is 18.4. The first-order valence-electron chi connectivity index (χ1n) is 7.83. The van der Waals surface area contributed by atoms with E-state index in [4.69, 9.17) is 18.9 Å². The van der Waals surface area contributed by atoms with Crippen LogP contribution in [0.4, 0.5) is 0 Å². The highest BCUT2D eigenvalue weighted by atomic mass is 16.5. The fourth-order valence-electron chi connectivity index (χ4n) is 2.34. The molecule has 0 saturated carbocycles. The van der Waals surface area contributed by atoms with Crippen LogP contribution in [0, 0.1) is 6.92 Å².